The third kappa shape index (κ3) is 5.04. The Morgan fingerprint density at radius 2 is 1.88 bits per heavy atom. The first-order valence-electron chi connectivity index (χ1n) is 9.83. The fourth-order valence-corrected chi connectivity index (χ4v) is 3.53. The Morgan fingerprint density at radius 3 is 2.41 bits per heavy atom. The zero-order valence-electron chi connectivity index (χ0n) is 17.7. The summed E-state index contributed by atoms with van der Waals surface area (Å²) in [6, 6.07) is 6.24. The van der Waals surface area contributed by atoms with Crippen molar-refractivity contribution in [3.63, 3.8) is 0 Å². The molecule has 2 atom stereocenters. The minimum absolute atomic E-state index is 0.183. The summed E-state index contributed by atoms with van der Waals surface area (Å²) in [5, 5.41) is 24.8. The van der Waals surface area contributed by atoms with Crippen molar-refractivity contribution in [3.05, 3.63) is 83.4 Å². The van der Waals surface area contributed by atoms with Crippen LogP contribution in [0.3, 0.4) is 0 Å². The first-order valence-corrected chi connectivity index (χ1v) is 9.83. The number of nitrogens with zero attached hydrogens (tertiary/aromatic N) is 5. The lowest BCUT2D eigenvalue weighted by molar-refractivity contribution is -0.137. The van der Waals surface area contributed by atoms with E-state index >= 15 is 0 Å². The van der Waals surface area contributed by atoms with Crippen molar-refractivity contribution in [2.75, 3.05) is 6.54 Å². The number of hydrogen-bond donors (Lipinski definition) is 1. The van der Waals surface area contributed by atoms with Crippen molar-refractivity contribution in [2.45, 2.75) is 31.3 Å². The topological polar surface area (TPSA) is 95.0 Å². The van der Waals surface area contributed by atoms with E-state index < -0.39 is 54.0 Å². The number of carbonyl (C=O) groups excluding carboxylic acids is 1. The first kappa shape index (κ1) is 24.8. The molecule has 0 unspecified atom stereocenters. The average molecular weight is 479 g/mol. The van der Waals surface area contributed by atoms with Gasteiger partial charge in [-0.05, 0) is 37.3 Å². The number of benzene rings is 2. The monoisotopic (exact) mass is 479 g/mol. The van der Waals surface area contributed by atoms with E-state index in [4.69, 9.17) is 0 Å². The number of halogens is 5. The van der Waals surface area contributed by atoms with Gasteiger partial charge in [0.2, 0.25) is 0 Å². The Hall–Kier alpha value is -3.85. The van der Waals surface area contributed by atoms with Crippen LogP contribution in [0.15, 0.2) is 55.1 Å². The van der Waals surface area contributed by atoms with E-state index in [0.29, 0.717) is 18.2 Å². The number of aromatic nitrogens is 3. The molecule has 0 aliphatic carbocycles. The summed E-state index contributed by atoms with van der Waals surface area (Å²) in [5.74, 6) is -2.87. The van der Waals surface area contributed by atoms with Gasteiger partial charge < -0.3 is 10.0 Å². The van der Waals surface area contributed by atoms with Crippen LogP contribution in [0.4, 0.5) is 22.0 Å². The predicted octanol–water partition coefficient (Wildman–Crippen LogP) is 3.52. The highest BCUT2D eigenvalue weighted by Crippen LogP contribution is 2.34. The van der Waals surface area contributed by atoms with Gasteiger partial charge >= 0.3 is 6.18 Å². The maximum atomic E-state index is 14.7. The van der Waals surface area contributed by atoms with Gasteiger partial charge in [-0.15, -0.1) is 0 Å². The Balaban J connectivity index is 2.04. The lowest BCUT2D eigenvalue weighted by atomic mass is 9.85. The summed E-state index contributed by atoms with van der Waals surface area (Å²) < 4.78 is 68.0. The van der Waals surface area contributed by atoms with E-state index in [1.165, 1.54) is 13.3 Å². The van der Waals surface area contributed by atoms with Crippen molar-refractivity contribution >= 4 is 5.91 Å². The molecule has 0 aliphatic rings. The minimum atomic E-state index is -4.61. The lowest BCUT2D eigenvalue weighted by Crippen LogP contribution is -2.54. The molecule has 0 aliphatic heterocycles. The molecule has 0 bridgehead atoms. The average Bonchev–Trinajstić information content (AvgIpc) is 3.28. The molecule has 1 heterocycles. The highest BCUT2D eigenvalue weighted by molar-refractivity contribution is 5.94. The SMILES string of the molecule is C[C@@H](N(CC#N)C(=O)c1ccc(C(F)(F)F)cc1)[C@](O)(Cn1cncn1)c1ccc(F)cc1F. The third-order valence-corrected chi connectivity index (χ3v) is 5.39. The number of carbonyl (C=O) groups is 1. The number of rotatable bonds is 7. The maximum absolute atomic E-state index is 14.7. The van der Waals surface area contributed by atoms with Crippen molar-refractivity contribution in [2.24, 2.45) is 0 Å². The van der Waals surface area contributed by atoms with Gasteiger partial charge in [0.25, 0.3) is 5.91 Å². The van der Waals surface area contributed by atoms with Crippen molar-refractivity contribution in [1.29, 1.82) is 5.26 Å². The quantitative estimate of drug-likeness (QED) is 0.413. The standard InChI is InChI=1S/C22H18F5N5O2/c1-14(32(9-8-28)20(33)15-2-4-16(5-3-15)22(25,26)27)21(34,11-31-13-29-12-30-31)18-7-6-17(23)10-19(18)24/h2-7,10,12-14,34H,9,11H2,1H3/t14-,21-/m1/s1. The summed E-state index contributed by atoms with van der Waals surface area (Å²) in [6.45, 7) is 0.321. The van der Waals surface area contributed by atoms with E-state index in [1.54, 1.807) is 6.07 Å². The fraction of sp³-hybridized carbons (Fsp3) is 0.273. The number of alkyl halides is 3. The molecule has 1 aromatic heterocycles. The Bertz CT molecular complexity index is 1190. The van der Waals surface area contributed by atoms with Crippen LogP contribution in [0.2, 0.25) is 0 Å². The van der Waals surface area contributed by atoms with Crippen LogP contribution in [-0.2, 0) is 18.3 Å². The number of amides is 1. The molecule has 0 spiro atoms. The van der Waals surface area contributed by atoms with Crippen molar-refractivity contribution in [3.8, 4) is 6.07 Å². The zero-order valence-corrected chi connectivity index (χ0v) is 17.7. The van der Waals surface area contributed by atoms with E-state index in [0.717, 1.165) is 40.2 Å². The normalized spacial score (nSPS) is 14.2. The van der Waals surface area contributed by atoms with E-state index in [1.807, 2.05) is 0 Å². The van der Waals surface area contributed by atoms with Crippen LogP contribution < -0.4 is 0 Å². The molecule has 0 saturated heterocycles. The molecule has 34 heavy (non-hydrogen) atoms. The molecule has 178 valence electrons. The van der Waals surface area contributed by atoms with Crippen LogP contribution in [0.1, 0.15) is 28.4 Å². The van der Waals surface area contributed by atoms with Gasteiger partial charge in [-0.1, -0.05) is 6.07 Å². The third-order valence-electron chi connectivity index (χ3n) is 5.39. The second kappa shape index (κ2) is 9.56. The molecule has 1 N–H and O–H groups in total. The second-order valence-electron chi connectivity index (χ2n) is 7.48. The predicted molar refractivity (Wildman–Crippen MR) is 108 cm³/mol. The maximum Gasteiger partial charge on any atom is 0.416 e. The summed E-state index contributed by atoms with van der Waals surface area (Å²) in [5.41, 5.74) is -3.76. The van der Waals surface area contributed by atoms with Crippen LogP contribution in [0, 0.1) is 23.0 Å². The van der Waals surface area contributed by atoms with E-state index in [9.17, 15) is 37.1 Å². The van der Waals surface area contributed by atoms with Crippen molar-refractivity contribution < 1.29 is 31.9 Å². The van der Waals surface area contributed by atoms with Crippen LogP contribution in [0.25, 0.3) is 0 Å². The van der Waals surface area contributed by atoms with Crippen LogP contribution in [0.5, 0.6) is 0 Å². The number of nitriles is 1. The van der Waals surface area contributed by atoms with Crippen molar-refractivity contribution in [1.82, 2.24) is 19.7 Å². The molecule has 0 fully saturated rings. The molecule has 7 nitrogen and oxygen atoms in total. The summed E-state index contributed by atoms with van der Waals surface area (Å²) in [4.78, 5) is 17.8. The number of hydrogen-bond acceptors (Lipinski definition) is 5. The van der Waals surface area contributed by atoms with Crippen LogP contribution in [-0.4, -0.2) is 43.3 Å². The number of aliphatic hydroxyl groups is 1. The summed E-state index contributed by atoms with van der Waals surface area (Å²) in [7, 11) is 0. The molecular weight excluding hydrogens is 461 g/mol. The van der Waals surface area contributed by atoms with E-state index in [-0.39, 0.29) is 11.1 Å². The van der Waals surface area contributed by atoms with Crippen LogP contribution >= 0.6 is 0 Å². The van der Waals surface area contributed by atoms with Gasteiger partial charge in [0.05, 0.1) is 24.2 Å². The summed E-state index contributed by atoms with van der Waals surface area (Å²) in [6.07, 6.45) is -2.22. The zero-order chi connectivity index (χ0) is 25.1. The molecule has 3 rings (SSSR count). The lowest BCUT2D eigenvalue weighted by Gasteiger charge is -2.40. The highest BCUT2D eigenvalue weighted by atomic mass is 19.4. The van der Waals surface area contributed by atoms with Gasteiger partial charge in [-0.2, -0.15) is 23.5 Å². The Labute approximate surface area is 190 Å². The minimum Gasteiger partial charge on any atom is -0.381 e. The fourth-order valence-electron chi connectivity index (χ4n) is 3.53. The highest BCUT2D eigenvalue weighted by Gasteiger charge is 2.44. The summed E-state index contributed by atoms with van der Waals surface area (Å²) >= 11 is 0. The molecule has 0 radical (unpaired) electrons. The Morgan fingerprint density at radius 1 is 1.21 bits per heavy atom. The smallest absolute Gasteiger partial charge is 0.381 e. The van der Waals surface area contributed by atoms with E-state index in [2.05, 4.69) is 10.1 Å². The van der Waals surface area contributed by atoms with Gasteiger partial charge in [0.15, 0.2) is 0 Å². The molecule has 2 aromatic carbocycles. The molecule has 12 heteroatoms. The second-order valence-corrected chi connectivity index (χ2v) is 7.48. The molecular formula is C22H18F5N5O2. The van der Waals surface area contributed by atoms with Gasteiger partial charge in [0.1, 0.15) is 36.4 Å². The molecule has 3 aromatic rings. The molecule has 0 saturated carbocycles. The van der Waals surface area contributed by atoms with Gasteiger partial charge in [-0.25, -0.2) is 18.4 Å². The Kier molecular flexibility index (Phi) is 6.97. The van der Waals surface area contributed by atoms with Gasteiger partial charge in [-0.3, -0.25) is 4.79 Å². The molecule has 1 amide bonds. The first-order chi connectivity index (χ1) is 16.0. The van der Waals surface area contributed by atoms with Gasteiger partial charge in [0, 0.05) is 17.2 Å². The largest absolute Gasteiger partial charge is 0.416 e.